The van der Waals surface area contributed by atoms with Gasteiger partial charge in [0.25, 0.3) is 0 Å². The van der Waals surface area contributed by atoms with Gasteiger partial charge in [0.05, 0.1) is 11.4 Å². The topological polar surface area (TPSA) is 37.8 Å². The minimum Gasteiger partial charge on any atom is -0.314 e. The molecule has 0 spiro atoms. The van der Waals surface area contributed by atoms with E-state index in [0.717, 1.165) is 17.8 Å². The van der Waals surface area contributed by atoms with Crippen LogP contribution in [0.25, 0.3) is 0 Å². The maximum absolute atomic E-state index is 4.35. The van der Waals surface area contributed by atoms with Crippen LogP contribution in [-0.4, -0.2) is 22.6 Å². The van der Waals surface area contributed by atoms with E-state index in [4.69, 9.17) is 0 Å². The van der Waals surface area contributed by atoms with Gasteiger partial charge in [-0.05, 0) is 26.8 Å². The van der Waals surface area contributed by atoms with E-state index in [1.165, 1.54) is 12.8 Å². The summed E-state index contributed by atoms with van der Waals surface area (Å²) in [6, 6.07) is 0. The minimum absolute atomic E-state index is 0.337. The second kappa shape index (κ2) is 3.07. The molecule has 0 aliphatic heterocycles. The smallest absolute Gasteiger partial charge is 0.0605 e. The highest BCUT2D eigenvalue weighted by molar-refractivity contribution is 5.12. The van der Waals surface area contributed by atoms with Crippen LogP contribution in [0.1, 0.15) is 24.2 Å². The predicted octanol–water partition coefficient (Wildman–Crippen LogP) is 1.08. The highest BCUT2D eigenvalue weighted by Gasteiger charge is 2.41. The van der Waals surface area contributed by atoms with Crippen LogP contribution in [0.4, 0.5) is 0 Å². The number of rotatable bonds is 3. The maximum atomic E-state index is 4.35. The van der Waals surface area contributed by atoms with E-state index in [0.29, 0.717) is 5.54 Å². The molecule has 1 aromatic heterocycles. The third-order valence-corrected chi connectivity index (χ3v) is 2.74. The van der Waals surface area contributed by atoms with Crippen molar-refractivity contribution in [1.29, 1.82) is 0 Å². The molecule has 1 aromatic rings. The highest BCUT2D eigenvalue weighted by Crippen LogP contribution is 2.37. The summed E-state index contributed by atoms with van der Waals surface area (Å²) < 4.78 is 0. The molecule has 0 bridgehead atoms. The zero-order valence-corrected chi connectivity index (χ0v) is 8.17. The van der Waals surface area contributed by atoms with Crippen molar-refractivity contribution in [3.8, 4) is 0 Å². The molecule has 0 saturated heterocycles. The summed E-state index contributed by atoms with van der Waals surface area (Å²) >= 11 is 0. The zero-order valence-electron chi connectivity index (χ0n) is 8.17. The zero-order chi connectivity index (χ0) is 9.31. The van der Waals surface area contributed by atoms with E-state index in [1.54, 1.807) is 0 Å². The second-order valence-electron chi connectivity index (χ2n) is 3.86. The monoisotopic (exact) mass is 177 g/mol. The summed E-state index contributed by atoms with van der Waals surface area (Å²) in [6.07, 6.45) is 7.25. The fraction of sp³-hybridized carbons (Fsp3) is 0.600. The molecular weight excluding hydrogens is 162 g/mol. The lowest BCUT2D eigenvalue weighted by Crippen LogP contribution is -2.29. The Morgan fingerprint density at radius 3 is 2.62 bits per heavy atom. The van der Waals surface area contributed by atoms with Gasteiger partial charge in [-0.25, -0.2) is 0 Å². The SMILES string of the molecule is CNC1(Cc2cnc(C)cn2)CC1. The van der Waals surface area contributed by atoms with Crippen molar-refractivity contribution in [2.45, 2.75) is 31.7 Å². The maximum Gasteiger partial charge on any atom is 0.0605 e. The van der Waals surface area contributed by atoms with Crippen molar-refractivity contribution in [1.82, 2.24) is 15.3 Å². The average molecular weight is 177 g/mol. The van der Waals surface area contributed by atoms with Gasteiger partial charge in [0.2, 0.25) is 0 Å². The van der Waals surface area contributed by atoms with Crippen LogP contribution in [0.3, 0.4) is 0 Å². The van der Waals surface area contributed by atoms with E-state index >= 15 is 0 Å². The molecule has 0 atom stereocenters. The molecule has 0 radical (unpaired) electrons. The molecule has 0 aromatic carbocycles. The standard InChI is InChI=1S/C10H15N3/c1-8-6-13-9(7-12-8)5-10(11-2)3-4-10/h6-7,11H,3-5H2,1-2H3. The Balaban J connectivity index is 2.06. The summed E-state index contributed by atoms with van der Waals surface area (Å²) in [6.45, 7) is 1.96. The van der Waals surface area contributed by atoms with Crippen LogP contribution >= 0.6 is 0 Å². The lowest BCUT2D eigenvalue weighted by atomic mass is 10.1. The fourth-order valence-electron chi connectivity index (χ4n) is 1.52. The van der Waals surface area contributed by atoms with Crippen LogP contribution < -0.4 is 5.32 Å². The number of hydrogen-bond acceptors (Lipinski definition) is 3. The molecule has 1 fully saturated rings. The highest BCUT2D eigenvalue weighted by atomic mass is 15.0. The molecule has 1 aliphatic rings. The third kappa shape index (κ3) is 1.86. The van der Waals surface area contributed by atoms with Crippen molar-refractivity contribution in [3.63, 3.8) is 0 Å². The molecule has 1 aliphatic carbocycles. The van der Waals surface area contributed by atoms with Gasteiger partial charge in [0, 0.05) is 24.4 Å². The average Bonchev–Trinajstić information content (AvgIpc) is 2.90. The quantitative estimate of drug-likeness (QED) is 0.750. The van der Waals surface area contributed by atoms with E-state index in [2.05, 4.69) is 15.3 Å². The van der Waals surface area contributed by atoms with E-state index < -0.39 is 0 Å². The van der Waals surface area contributed by atoms with Crippen molar-refractivity contribution in [2.24, 2.45) is 0 Å². The molecule has 13 heavy (non-hydrogen) atoms. The number of hydrogen-bond donors (Lipinski definition) is 1. The molecular formula is C10H15N3. The molecule has 0 amide bonds. The Hall–Kier alpha value is -0.960. The van der Waals surface area contributed by atoms with E-state index in [-0.39, 0.29) is 0 Å². The van der Waals surface area contributed by atoms with Crippen molar-refractivity contribution in [2.75, 3.05) is 7.05 Å². The number of nitrogens with zero attached hydrogens (tertiary/aromatic N) is 2. The van der Waals surface area contributed by atoms with Crippen molar-refractivity contribution < 1.29 is 0 Å². The van der Waals surface area contributed by atoms with Crippen LogP contribution in [0, 0.1) is 6.92 Å². The first-order valence-electron chi connectivity index (χ1n) is 4.71. The van der Waals surface area contributed by atoms with Gasteiger partial charge in [0.15, 0.2) is 0 Å². The number of nitrogens with one attached hydrogen (secondary N) is 1. The van der Waals surface area contributed by atoms with Crippen LogP contribution in [-0.2, 0) is 6.42 Å². The Labute approximate surface area is 78.6 Å². The lowest BCUT2D eigenvalue weighted by molar-refractivity contribution is 0.540. The van der Waals surface area contributed by atoms with Crippen molar-refractivity contribution >= 4 is 0 Å². The molecule has 1 N–H and O–H groups in total. The van der Waals surface area contributed by atoms with Crippen LogP contribution in [0.5, 0.6) is 0 Å². The predicted molar refractivity (Wildman–Crippen MR) is 51.5 cm³/mol. The number of aromatic nitrogens is 2. The van der Waals surface area contributed by atoms with E-state index in [9.17, 15) is 0 Å². The van der Waals surface area contributed by atoms with Gasteiger partial charge in [-0.15, -0.1) is 0 Å². The summed E-state index contributed by atoms with van der Waals surface area (Å²) in [7, 11) is 2.02. The molecule has 2 rings (SSSR count). The Morgan fingerprint density at radius 1 is 1.38 bits per heavy atom. The summed E-state index contributed by atoms with van der Waals surface area (Å²) in [5, 5.41) is 3.35. The lowest BCUT2D eigenvalue weighted by Gasteiger charge is -2.12. The summed E-state index contributed by atoms with van der Waals surface area (Å²) in [5.41, 5.74) is 2.42. The third-order valence-electron chi connectivity index (χ3n) is 2.74. The van der Waals surface area contributed by atoms with Crippen molar-refractivity contribution in [3.05, 3.63) is 23.8 Å². The number of aryl methyl sites for hydroxylation is 1. The summed E-state index contributed by atoms with van der Waals surface area (Å²) in [4.78, 5) is 8.58. The van der Waals surface area contributed by atoms with Gasteiger partial charge in [-0.3, -0.25) is 9.97 Å². The van der Waals surface area contributed by atoms with Gasteiger partial charge >= 0.3 is 0 Å². The van der Waals surface area contributed by atoms with Gasteiger partial charge < -0.3 is 5.32 Å². The molecule has 70 valence electrons. The first-order chi connectivity index (χ1) is 6.24. The van der Waals surface area contributed by atoms with Gasteiger partial charge in [-0.1, -0.05) is 0 Å². The summed E-state index contributed by atoms with van der Waals surface area (Å²) in [5.74, 6) is 0. The van der Waals surface area contributed by atoms with E-state index in [1.807, 2.05) is 26.4 Å². The molecule has 1 saturated carbocycles. The molecule has 3 heteroatoms. The first-order valence-corrected chi connectivity index (χ1v) is 4.71. The molecule has 0 unspecified atom stereocenters. The Morgan fingerprint density at radius 2 is 2.15 bits per heavy atom. The minimum atomic E-state index is 0.337. The second-order valence-corrected chi connectivity index (χ2v) is 3.86. The molecule has 1 heterocycles. The Kier molecular flexibility index (Phi) is 2.04. The largest absolute Gasteiger partial charge is 0.314 e. The first kappa shape index (κ1) is 8.63. The number of likely N-dealkylation sites (N-methyl/N-ethyl adjacent to an activating group) is 1. The fourth-order valence-corrected chi connectivity index (χ4v) is 1.52. The Bertz CT molecular complexity index is 288. The van der Waals surface area contributed by atoms with Gasteiger partial charge in [-0.2, -0.15) is 0 Å². The molecule has 3 nitrogen and oxygen atoms in total. The normalized spacial score (nSPS) is 18.6. The van der Waals surface area contributed by atoms with Crippen LogP contribution in [0.2, 0.25) is 0 Å². The van der Waals surface area contributed by atoms with Gasteiger partial charge in [0.1, 0.15) is 0 Å². The van der Waals surface area contributed by atoms with Crippen LogP contribution in [0.15, 0.2) is 12.4 Å².